The fourth-order valence-corrected chi connectivity index (χ4v) is 2.42. The van der Waals surface area contributed by atoms with Gasteiger partial charge in [-0.15, -0.1) is 0 Å². The average molecular weight is 262 g/mol. The second-order valence-corrected chi connectivity index (χ2v) is 5.99. The second-order valence-electron chi connectivity index (χ2n) is 5.99. The largest absolute Gasteiger partial charge is 0.394 e. The highest BCUT2D eigenvalue weighted by Crippen LogP contribution is 2.24. The van der Waals surface area contributed by atoms with E-state index in [2.05, 4.69) is 55.3 Å². The highest BCUT2D eigenvalue weighted by atomic mass is 16.3. The maximum Gasteiger partial charge on any atom is 0.0628 e. The predicted molar refractivity (Wildman–Crippen MR) is 80.7 cm³/mol. The van der Waals surface area contributed by atoms with Gasteiger partial charge in [0.05, 0.1) is 12.1 Å². The van der Waals surface area contributed by atoms with Crippen LogP contribution in [0.2, 0.25) is 0 Å². The number of rotatable bonds is 7. The number of hydrogen-bond acceptors (Lipinski definition) is 3. The second kappa shape index (κ2) is 5.93. The van der Waals surface area contributed by atoms with Crippen LogP contribution in [0.5, 0.6) is 0 Å². The van der Waals surface area contributed by atoms with E-state index in [0.717, 1.165) is 13.1 Å². The van der Waals surface area contributed by atoms with E-state index in [0.29, 0.717) is 6.04 Å². The van der Waals surface area contributed by atoms with Crippen LogP contribution >= 0.6 is 0 Å². The molecule has 0 bridgehead atoms. The van der Waals surface area contributed by atoms with Crippen molar-refractivity contribution in [1.82, 2.24) is 5.32 Å². The van der Waals surface area contributed by atoms with Crippen molar-refractivity contribution < 1.29 is 5.11 Å². The normalized spacial score (nSPS) is 18.1. The molecule has 0 radical (unpaired) electrons. The number of anilines is 1. The van der Waals surface area contributed by atoms with Gasteiger partial charge in [-0.2, -0.15) is 0 Å². The molecule has 0 amide bonds. The molecule has 1 saturated carbocycles. The molecule has 3 heteroatoms. The Bertz CT molecular complexity index is 400. The highest BCUT2D eigenvalue weighted by molar-refractivity contribution is 5.47. The molecule has 0 saturated heterocycles. The first-order valence-electron chi connectivity index (χ1n) is 7.26. The van der Waals surface area contributed by atoms with Gasteiger partial charge in [0.25, 0.3) is 0 Å². The van der Waals surface area contributed by atoms with Crippen LogP contribution in [-0.4, -0.2) is 36.4 Å². The van der Waals surface area contributed by atoms with Crippen molar-refractivity contribution in [2.45, 2.75) is 45.2 Å². The van der Waals surface area contributed by atoms with Crippen LogP contribution in [0, 0.1) is 6.92 Å². The Kier molecular flexibility index (Phi) is 4.48. The zero-order valence-corrected chi connectivity index (χ0v) is 12.3. The molecule has 1 aromatic carbocycles. The van der Waals surface area contributed by atoms with Gasteiger partial charge in [0.2, 0.25) is 0 Å². The number of hydrogen-bond donors (Lipinski definition) is 2. The smallest absolute Gasteiger partial charge is 0.0628 e. The summed E-state index contributed by atoms with van der Waals surface area (Å²) >= 11 is 0. The SMILES string of the molecule is CCN(CC(C)(CO)NC1CC1)c1ccc(C)cc1. The average Bonchev–Trinajstić information content (AvgIpc) is 3.21. The van der Waals surface area contributed by atoms with Crippen molar-refractivity contribution in [2.75, 3.05) is 24.6 Å². The zero-order valence-electron chi connectivity index (χ0n) is 12.3. The van der Waals surface area contributed by atoms with Crippen molar-refractivity contribution in [1.29, 1.82) is 0 Å². The predicted octanol–water partition coefficient (Wildman–Crippen LogP) is 2.32. The first-order valence-corrected chi connectivity index (χ1v) is 7.26. The monoisotopic (exact) mass is 262 g/mol. The Hall–Kier alpha value is -1.06. The van der Waals surface area contributed by atoms with E-state index in [9.17, 15) is 5.11 Å². The van der Waals surface area contributed by atoms with Crippen molar-refractivity contribution >= 4 is 5.69 Å². The van der Waals surface area contributed by atoms with Gasteiger partial charge in [0.1, 0.15) is 0 Å². The summed E-state index contributed by atoms with van der Waals surface area (Å²) in [5.41, 5.74) is 2.29. The van der Waals surface area contributed by atoms with E-state index in [1.165, 1.54) is 24.1 Å². The Morgan fingerprint density at radius 3 is 2.42 bits per heavy atom. The molecule has 1 unspecified atom stereocenters. The summed E-state index contributed by atoms with van der Waals surface area (Å²) in [6.07, 6.45) is 2.48. The number of likely N-dealkylation sites (N-methyl/N-ethyl adjacent to an activating group) is 1. The van der Waals surface area contributed by atoms with Crippen LogP contribution in [0.1, 0.15) is 32.3 Å². The topological polar surface area (TPSA) is 35.5 Å². The van der Waals surface area contributed by atoms with Gasteiger partial charge in [-0.1, -0.05) is 17.7 Å². The summed E-state index contributed by atoms with van der Waals surface area (Å²) in [7, 11) is 0. The van der Waals surface area contributed by atoms with Crippen molar-refractivity contribution in [3.05, 3.63) is 29.8 Å². The summed E-state index contributed by atoms with van der Waals surface area (Å²) in [4.78, 5) is 2.32. The molecule has 3 nitrogen and oxygen atoms in total. The number of nitrogens with one attached hydrogen (secondary N) is 1. The van der Waals surface area contributed by atoms with Gasteiger partial charge in [0.15, 0.2) is 0 Å². The number of aliphatic hydroxyl groups excluding tert-OH is 1. The standard InChI is InChI=1S/C16H26N2O/c1-4-18(15-9-5-13(2)6-10-15)11-16(3,12-19)17-14-7-8-14/h5-6,9-10,14,17,19H,4,7-8,11-12H2,1-3H3. The van der Waals surface area contributed by atoms with Crippen LogP contribution in [-0.2, 0) is 0 Å². The Labute approximate surface area is 116 Å². The molecule has 0 spiro atoms. The van der Waals surface area contributed by atoms with E-state index < -0.39 is 0 Å². The first-order chi connectivity index (χ1) is 9.06. The van der Waals surface area contributed by atoms with Gasteiger partial charge in [-0.3, -0.25) is 0 Å². The Morgan fingerprint density at radius 2 is 1.95 bits per heavy atom. The van der Waals surface area contributed by atoms with E-state index in [1.807, 2.05) is 0 Å². The maximum atomic E-state index is 9.71. The summed E-state index contributed by atoms with van der Waals surface area (Å²) in [5.74, 6) is 0. The number of aryl methyl sites for hydroxylation is 1. The third-order valence-electron chi connectivity index (χ3n) is 3.80. The van der Waals surface area contributed by atoms with Gasteiger partial charge >= 0.3 is 0 Å². The molecule has 1 aliphatic rings. The summed E-state index contributed by atoms with van der Waals surface area (Å²) in [6.45, 7) is 8.33. The number of benzene rings is 1. The molecule has 1 atom stereocenters. The van der Waals surface area contributed by atoms with E-state index in [1.54, 1.807) is 0 Å². The Morgan fingerprint density at radius 1 is 1.32 bits per heavy atom. The van der Waals surface area contributed by atoms with Crippen LogP contribution in [0.15, 0.2) is 24.3 Å². The van der Waals surface area contributed by atoms with Crippen molar-refractivity contribution in [2.24, 2.45) is 0 Å². The highest BCUT2D eigenvalue weighted by Gasteiger charge is 2.33. The lowest BCUT2D eigenvalue weighted by molar-refractivity contribution is 0.176. The number of aliphatic hydroxyl groups is 1. The molecule has 106 valence electrons. The molecule has 0 heterocycles. The molecular formula is C16H26N2O. The lowest BCUT2D eigenvalue weighted by Gasteiger charge is -2.36. The quantitative estimate of drug-likeness (QED) is 0.791. The van der Waals surface area contributed by atoms with Crippen LogP contribution < -0.4 is 10.2 Å². The minimum atomic E-state index is -0.220. The van der Waals surface area contributed by atoms with Crippen molar-refractivity contribution in [3.63, 3.8) is 0 Å². The zero-order chi connectivity index (χ0) is 13.9. The van der Waals surface area contributed by atoms with Crippen LogP contribution in [0.25, 0.3) is 0 Å². The lowest BCUT2D eigenvalue weighted by atomic mass is 10.0. The van der Waals surface area contributed by atoms with E-state index in [4.69, 9.17) is 0 Å². The van der Waals surface area contributed by atoms with Crippen LogP contribution in [0.4, 0.5) is 5.69 Å². The molecule has 0 aliphatic heterocycles. The summed E-state index contributed by atoms with van der Waals surface area (Å²) in [6, 6.07) is 9.21. The fourth-order valence-electron chi connectivity index (χ4n) is 2.42. The molecule has 1 fully saturated rings. The fraction of sp³-hybridized carbons (Fsp3) is 0.625. The molecule has 1 aliphatic carbocycles. The van der Waals surface area contributed by atoms with Gasteiger partial charge in [0, 0.05) is 24.8 Å². The molecular weight excluding hydrogens is 236 g/mol. The summed E-state index contributed by atoms with van der Waals surface area (Å²) < 4.78 is 0. The minimum Gasteiger partial charge on any atom is -0.394 e. The van der Waals surface area contributed by atoms with E-state index >= 15 is 0 Å². The maximum absolute atomic E-state index is 9.71. The van der Waals surface area contributed by atoms with Gasteiger partial charge < -0.3 is 15.3 Å². The molecule has 2 rings (SSSR count). The minimum absolute atomic E-state index is 0.172. The lowest BCUT2D eigenvalue weighted by Crippen LogP contribution is -2.55. The third-order valence-corrected chi connectivity index (χ3v) is 3.80. The van der Waals surface area contributed by atoms with E-state index in [-0.39, 0.29) is 12.1 Å². The van der Waals surface area contributed by atoms with Gasteiger partial charge in [-0.05, 0) is 45.7 Å². The first kappa shape index (κ1) is 14.4. The van der Waals surface area contributed by atoms with Gasteiger partial charge in [-0.25, -0.2) is 0 Å². The molecule has 0 aromatic heterocycles. The molecule has 1 aromatic rings. The Balaban J connectivity index is 2.05. The molecule has 19 heavy (non-hydrogen) atoms. The summed E-state index contributed by atoms with van der Waals surface area (Å²) in [5, 5.41) is 13.3. The van der Waals surface area contributed by atoms with Crippen molar-refractivity contribution in [3.8, 4) is 0 Å². The molecule has 2 N–H and O–H groups in total. The third kappa shape index (κ3) is 3.95. The van der Waals surface area contributed by atoms with Crippen LogP contribution in [0.3, 0.4) is 0 Å². The number of nitrogens with zero attached hydrogens (tertiary/aromatic N) is 1.